The van der Waals surface area contributed by atoms with E-state index in [-0.39, 0.29) is 4.90 Å². The van der Waals surface area contributed by atoms with Crippen LogP contribution in [0.1, 0.15) is 13.8 Å². The third-order valence-electron chi connectivity index (χ3n) is 2.96. The first-order valence-electron chi connectivity index (χ1n) is 5.99. The minimum Gasteiger partial charge on any atom is -0.480 e. The SMILES string of the molecule is CC(C)(NS(=O)(=O)c1cccc2ccccc12)C(=O)O. The molecule has 0 aromatic heterocycles. The zero-order valence-electron chi connectivity index (χ0n) is 11.1. The van der Waals surface area contributed by atoms with Gasteiger partial charge in [-0.15, -0.1) is 0 Å². The van der Waals surface area contributed by atoms with Gasteiger partial charge in [-0.25, -0.2) is 8.42 Å². The molecule has 106 valence electrons. The average molecular weight is 293 g/mol. The highest BCUT2D eigenvalue weighted by Crippen LogP contribution is 2.23. The molecule has 0 aliphatic carbocycles. The minimum absolute atomic E-state index is 0.0740. The number of carboxylic acids is 1. The largest absolute Gasteiger partial charge is 0.480 e. The minimum atomic E-state index is -3.92. The van der Waals surface area contributed by atoms with E-state index in [1.165, 1.54) is 19.9 Å². The van der Waals surface area contributed by atoms with Crippen LogP contribution in [-0.4, -0.2) is 25.0 Å². The summed E-state index contributed by atoms with van der Waals surface area (Å²) in [5.74, 6) is -1.23. The van der Waals surface area contributed by atoms with Crippen molar-refractivity contribution in [3.05, 3.63) is 42.5 Å². The molecule has 0 amide bonds. The fraction of sp³-hybridized carbons (Fsp3) is 0.214. The lowest BCUT2D eigenvalue weighted by molar-refractivity contribution is -0.142. The van der Waals surface area contributed by atoms with Gasteiger partial charge in [0.15, 0.2) is 0 Å². The number of benzene rings is 2. The standard InChI is InChI=1S/C14H15NO4S/c1-14(2,13(16)17)15-20(18,19)12-9-5-7-10-6-3-4-8-11(10)12/h3-9,15H,1-2H3,(H,16,17). The summed E-state index contributed by atoms with van der Waals surface area (Å²) in [4.78, 5) is 11.1. The Bertz CT molecular complexity index is 760. The Kier molecular flexibility index (Phi) is 3.54. The number of aliphatic carboxylic acids is 1. The summed E-state index contributed by atoms with van der Waals surface area (Å²) < 4.78 is 27.0. The third-order valence-corrected chi connectivity index (χ3v) is 4.68. The Labute approximate surface area is 117 Å². The van der Waals surface area contributed by atoms with Gasteiger partial charge < -0.3 is 5.11 Å². The highest BCUT2D eigenvalue weighted by Gasteiger charge is 2.33. The van der Waals surface area contributed by atoms with Gasteiger partial charge in [0.1, 0.15) is 5.54 Å². The summed E-state index contributed by atoms with van der Waals surface area (Å²) in [6.45, 7) is 2.61. The Morgan fingerprint density at radius 3 is 2.35 bits per heavy atom. The van der Waals surface area contributed by atoms with Crippen molar-refractivity contribution < 1.29 is 18.3 Å². The molecule has 0 radical (unpaired) electrons. The van der Waals surface area contributed by atoms with Crippen LogP contribution < -0.4 is 4.72 Å². The van der Waals surface area contributed by atoms with Gasteiger partial charge in [-0.1, -0.05) is 36.4 Å². The van der Waals surface area contributed by atoms with Crippen LogP contribution in [0, 0.1) is 0 Å². The summed E-state index contributed by atoms with van der Waals surface area (Å²) >= 11 is 0. The van der Waals surface area contributed by atoms with Crippen LogP contribution >= 0.6 is 0 Å². The third kappa shape index (κ3) is 2.66. The molecule has 2 aromatic carbocycles. The highest BCUT2D eigenvalue weighted by molar-refractivity contribution is 7.89. The summed E-state index contributed by atoms with van der Waals surface area (Å²) in [6.07, 6.45) is 0. The normalized spacial score (nSPS) is 12.5. The number of hydrogen-bond donors (Lipinski definition) is 2. The van der Waals surface area contributed by atoms with Crippen LogP contribution in [0.3, 0.4) is 0 Å². The van der Waals surface area contributed by atoms with Crippen molar-refractivity contribution in [1.82, 2.24) is 4.72 Å². The molecule has 6 heteroatoms. The molecule has 0 fully saturated rings. The van der Waals surface area contributed by atoms with Crippen molar-refractivity contribution in [3.63, 3.8) is 0 Å². The van der Waals surface area contributed by atoms with E-state index in [2.05, 4.69) is 4.72 Å². The number of carbonyl (C=O) groups is 1. The Balaban J connectivity index is 2.56. The molecule has 0 spiro atoms. The summed E-state index contributed by atoms with van der Waals surface area (Å²) in [5, 5.41) is 10.4. The first-order valence-corrected chi connectivity index (χ1v) is 7.47. The second-order valence-corrected chi connectivity index (χ2v) is 6.66. The van der Waals surface area contributed by atoms with Crippen LogP contribution in [-0.2, 0) is 14.8 Å². The van der Waals surface area contributed by atoms with Crippen molar-refractivity contribution >= 4 is 26.8 Å². The molecular weight excluding hydrogens is 278 g/mol. The van der Waals surface area contributed by atoms with Gasteiger partial charge in [-0.2, -0.15) is 4.72 Å². The molecular formula is C14H15NO4S. The molecule has 0 saturated carbocycles. The molecule has 0 heterocycles. The lowest BCUT2D eigenvalue weighted by Gasteiger charge is -2.21. The monoisotopic (exact) mass is 293 g/mol. The second-order valence-electron chi connectivity index (χ2n) is 5.01. The summed E-state index contributed by atoms with van der Waals surface area (Å²) in [6, 6.07) is 11.9. The molecule has 0 saturated heterocycles. The van der Waals surface area contributed by atoms with E-state index in [0.717, 1.165) is 5.39 Å². The van der Waals surface area contributed by atoms with Gasteiger partial charge in [0.25, 0.3) is 0 Å². The Morgan fingerprint density at radius 2 is 1.70 bits per heavy atom. The van der Waals surface area contributed by atoms with Crippen molar-refractivity contribution in [2.24, 2.45) is 0 Å². The van der Waals surface area contributed by atoms with E-state index in [1.807, 2.05) is 6.07 Å². The zero-order chi connectivity index (χ0) is 15.0. The Morgan fingerprint density at radius 1 is 1.10 bits per heavy atom. The van der Waals surface area contributed by atoms with Crippen molar-refractivity contribution in [2.75, 3.05) is 0 Å². The zero-order valence-corrected chi connectivity index (χ0v) is 11.9. The van der Waals surface area contributed by atoms with E-state index < -0.39 is 21.5 Å². The molecule has 0 aliphatic rings. The Hall–Kier alpha value is -1.92. The lowest BCUT2D eigenvalue weighted by atomic mass is 10.1. The molecule has 20 heavy (non-hydrogen) atoms. The summed E-state index contributed by atoms with van der Waals surface area (Å²) in [5.41, 5.74) is -1.57. The van der Waals surface area contributed by atoms with E-state index in [9.17, 15) is 13.2 Å². The fourth-order valence-electron chi connectivity index (χ4n) is 1.86. The molecule has 2 N–H and O–H groups in total. The first-order chi connectivity index (χ1) is 9.24. The topological polar surface area (TPSA) is 83.5 Å². The van der Waals surface area contributed by atoms with Crippen molar-refractivity contribution in [1.29, 1.82) is 0 Å². The molecule has 0 atom stereocenters. The molecule has 0 aliphatic heterocycles. The van der Waals surface area contributed by atoms with Gasteiger partial charge in [0, 0.05) is 5.39 Å². The van der Waals surface area contributed by atoms with Crippen LogP contribution in [0.15, 0.2) is 47.4 Å². The molecule has 0 unspecified atom stereocenters. The van der Waals surface area contributed by atoms with E-state index >= 15 is 0 Å². The molecule has 5 nitrogen and oxygen atoms in total. The van der Waals surface area contributed by atoms with E-state index in [0.29, 0.717) is 5.39 Å². The molecule has 2 aromatic rings. The maximum absolute atomic E-state index is 12.4. The number of fused-ring (bicyclic) bond motifs is 1. The quantitative estimate of drug-likeness (QED) is 0.903. The van der Waals surface area contributed by atoms with E-state index in [1.54, 1.807) is 30.3 Å². The number of rotatable bonds is 4. The fourth-order valence-corrected chi connectivity index (χ4v) is 3.47. The highest BCUT2D eigenvalue weighted by atomic mass is 32.2. The molecule has 2 rings (SSSR count). The van der Waals surface area contributed by atoms with Crippen LogP contribution in [0.4, 0.5) is 0 Å². The predicted octanol–water partition coefficient (Wildman–Crippen LogP) is 1.98. The van der Waals surface area contributed by atoms with Crippen LogP contribution in [0.2, 0.25) is 0 Å². The van der Waals surface area contributed by atoms with Gasteiger partial charge in [-0.05, 0) is 25.3 Å². The van der Waals surface area contributed by atoms with Gasteiger partial charge in [-0.3, -0.25) is 4.79 Å². The number of sulfonamides is 1. The van der Waals surface area contributed by atoms with Gasteiger partial charge >= 0.3 is 5.97 Å². The summed E-state index contributed by atoms with van der Waals surface area (Å²) in [7, 11) is -3.92. The van der Waals surface area contributed by atoms with Gasteiger partial charge in [0.2, 0.25) is 10.0 Å². The van der Waals surface area contributed by atoms with Gasteiger partial charge in [0.05, 0.1) is 4.90 Å². The van der Waals surface area contributed by atoms with Crippen molar-refractivity contribution in [3.8, 4) is 0 Å². The number of carboxylic acid groups (broad SMARTS) is 1. The number of hydrogen-bond acceptors (Lipinski definition) is 3. The predicted molar refractivity (Wildman–Crippen MR) is 76.0 cm³/mol. The first kappa shape index (κ1) is 14.5. The van der Waals surface area contributed by atoms with Crippen molar-refractivity contribution in [2.45, 2.75) is 24.3 Å². The average Bonchev–Trinajstić information content (AvgIpc) is 2.36. The maximum atomic E-state index is 12.4. The van der Waals surface area contributed by atoms with E-state index in [4.69, 9.17) is 5.11 Å². The second kappa shape index (κ2) is 4.88. The number of nitrogens with one attached hydrogen (secondary N) is 1. The lowest BCUT2D eigenvalue weighted by Crippen LogP contribution is -2.49. The maximum Gasteiger partial charge on any atom is 0.324 e. The smallest absolute Gasteiger partial charge is 0.324 e. The van der Waals surface area contributed by atoms with Crippen LogP contribution in [0.25, 0.3) is 10.8 Å². The van der Waals surface area contributed by atoms with Crippen LogP contribution in [0.5, 0.6) is 0 Å². The molecule has 0 bridgehead atoms.